The molecule has 0 saturated carbocycles. The average Bonchev–Trinajstić information content (AvgIpc) is 2.79. The summed E-state index contributed by atoms with van der Waals surface area (Å²) in [6.07, 6.45) is 1.73. The van der Waals surface area contributed by atoms with Gasteiger partial charge in [-0.15, -0.1) is 0 Å². The van der Waals surface area contributed by atoms with Crippen LogP contribution in [0.25, 0.3) is 11.0 Å². The number of hydrogen-bond acceptors (Lipinski definition) is 4. The molecular weight excluding hydrogens is 248 g/mol. The molecule has 0 bridgehead atoms. The highest BCUT2D eigenvalue weighted by Gasteiger charge is 2.13. The van der Waals surface area contributed by atoms with Gasteiger partial charge >= 0.3 is 11.9 Å². The molecule has 0 aliphatic carbocycles. The number of rotatable bonds is 5. The molecule has 1 N–H and O–H groups in total. The number of carbonyl (C=O) groups is 2. The molecule has 0 amide bonds. The number of hydrogen-bond donors (Lipinski definition) is 1. The van der Waals surface area contributed by atoms with E-state index in [1.54, 1.807) is 23.6 Å². The summed E-state index contributed by atoms with van der Waals surface area (Å²) < 4.78 is 6.50. The lowest BCUT2D eigenvalue weighted by Gasteiger charge is -2.06. The number of esters is 1. The maximum absolute atomic E-state index is 11.3. The van der Waals surface area contributed by atoms with E-state index >= 15 is 0 Å². The van der Waals surface area contributed by atoms with Crippen molar-refractivity contribution in [2.45, 2.75) is 19.9 Å². The number of fused-ring (bicyclic) bond motifs is 1. The first-order chi connectivity index (χ1) is 9.13. The lowest BCUT2D eigenvalue weighted by Crippen LogP contribution is -2.09. The van der Waals surface area contributed by atoms with Crippen LogP contribution in [-0.2, 0) is 16.1 Å². The highest BCUT2D eigenvalue weighted by Crippen LogP contribution is 2.18. The van der Waals surface area contributed by atoms with Crippen LogP contribution in [0.2, 0.25) is 0 Å². The number of para-hydroxylation sites is 1. The zero-order chi connectivity index (χ0) is 13.8. The molecule has 0 unspecified atom stereocenters. The molecule has 0 aliphatic rings. The normalized spacial score (nSPS) is 10.6. The van der Waals surface area contributed by atoms with E-state index in [0.717, 1.165) is 0 Å². The highest BCUT2D eigenvalue weighted by molar-refractivity contribution is 6.01. The number of nitrogens with zero attached hydrogens (tertiary/aromatic N) is 2. The van der Waals surface area contributed by atoms with Crippen molar-refractivity contribution in [3.8, 4) is 0 Å². The van der Waals surface area contributed by atoms with Crippen LogP contribution >= 0.6 is 0 Å². The Hall–Kier alpha value is -2.37. The molecule has 6 heteroatoms. The van der Waals surface area contributed by atoms with E-state index in [0.29, 0.717) is 24.2 Å². The number of benzene rings is 1. The largest absolute Gasteiger partial charge is 0.478 e. The van der Waals surface area contributed by atoms with Gasteiger partial charge in [0.25, 0.3) is 0 Å². The van der Waals surface area contributed by atoms with Gasteiger partial charge in [0.2, 0.25) is 0 Å². The second-order valence-electron chi connectivity index (χ2n) is 3.97. The van der Waals surface area contributed by atoms with Gasteiger partial charge in [0, 0.05) is 6.54 Å². The molecule has 1 aromatic heterocycles. The maximum atomic E-state index is 11.3. The first-order valence-corrected chi connectivity index (χ1v) is 5.96. The number of ether oxygens (including phenoxy) is 1. The molecular formula is C13H14N2O4. The predicted octanol–water partition coefficient (Wildman–Crippen LogP) is 1.69. The number of aromatic carboxylic acids is 1. The van der Waals surface area contributed by atoms with E-state index < -0.39 is 5.97 Å². The van der Waals surface area contributed by atoms with E-state index in [1.165, 1.54) is 12.4 Å². The van der Waals surface area contributed by atoms with Crippen LogP contribution in [0.3, 0.4) is 0 Å². The molecule has 100 valence electrons. The van der Waals surface area contributed by atoms with Crippen molar-refractivity contribution < 1.29 is 19.4 Å². The average molecular weight is 262 g/mol. The summed E-state index contributed by atoms with van der Waals surface area (Å²) in [7, 11) is 0. The van der Waals surface area contributed by atoms with Crippen LogP contribution in [0.15, 0.2) is 24.5 Å². The van der Waals surface area contributed by atoms with Gasteiger partial charge in [-0.1, -0.05) is 6.07 Å². The van der Waals surface area contributed by atoms with Gasteiger partial charge < -0.3 is 14.4 Å². The Morgan fingerprint density at radius 3 is 2.89 bits per heavy atom. The molecule has 2 rings (SSSR count). The molecule has 0 fully saturated rings. The summed E-state index contributed by atoms with van der Waals surface area (Å²) in [5.41, 5.74) is 1.31. The van der Waals surface area contributed by atoms with Crippen molar-refractivity contribution in [1.82, 2.24) is 9.55 Å². The van der Waals surface area contributed by atoms with Gasteiger partial charge in [0.15, 0.2) is 0 Å². The van der Waals surface area contributed by atoms with Crippen LogP contribution in [0.1, 0.15) is 23.7 Å². The Morgan fingerprint density at radius 1 is 1.42 bits per heavy atom. The molecule has 0 saturated heterocycles. The van der Waals surface area contributed by atoms with Crippen LogP contribution in [0.5, 0.6) is 0 Å². The van der Waals surface area contributed by atoms with Gasteiger partial charge in [-0.2, -0.15) is 0 Å². The number of aryl methyl sites for hydroxylation is 1. The Morgan fingerprint density at radius 2 is 2.21 bits per heavy atom. The van der Waals surface area contributed by atoms with Crippen molar-refractivity contribution >= 4 is 23.0 Å². The van der Waals surface area contributed by atoms with E-state index in [1.807, 2.05) is 0 Å². The minimum Gasteiger partial charge on any atom is -0.478 e. The Labute approximate surface area is 109 Å². The topological polar surface area (TPSA) is 81.4 Å². The van der Waals surface area contributed by atoms with Gasteiger partial charge in [-0.25, -0.2) is 9.78 Å². The Bertz CT molecular complexity index is 618. The zero-order valence-electron chi connectivity index (χ0n) is 10.5. The van der Waals surface area contributed by atoms with Gasteiger partial charge in [-0.05, 0) is 19.1 Å². The van der Waals surface area contributed by atoms with E-state index in [4.69, 9.17) is 9.84 Å². The first-order valence-electron chi connectivity index (χ1n) is 5.96. The van der Waals surface area contributed by atoms with Crippen molar-refractivity contribution in [2.75, 3.05) is 6.61 Å². The Balaban J connectivity index is 2.29. The fraction of sp³-hybridized carbons (Fsp3) is 0.308. The molecule has 19 heavy (non-hydrogen) atoms. The minimum absolute atomic E-state index is 0.179. The summed E-state index contributed by atoms with van der Waals surface area (Å²) >= 11 is 0. The molecule has 2 aromatic rings. The van der Waals surface area contributed by atoms with Crippen molar-refractivity contribution in [3.63, 3.8) is 0 Å². The number of carbonyl (C=O) groups excluding carboxylic acids is 1. The molecule has 0 aliphatic heterocycles. The summed E-state index contributed by atoms with van der Waals surface area (Å²) in [5, 5.41) is 9.15. The van der Waals surface area contributed by atoms with E-state index in [9.17, 15) is 9.59 Å². The number of carboxylic acids is 1. The number of aromatic nitrogens is 2. The van der Waals surface area contributed by atoms with Crippen molar-refractivity contribution in [2.24, 2.45) is 0 Å². The standard InChI is InChI=1S/C13H14N2O4/c1-2-19-11(16)6-7-15-8-14-10-5-3-4-9(12(10)15)13(17)18/h3-5,8H,2,6-7H2,1H3,(H,17,18). The van der Waals surface area contributed by atoms with Crippen LogP contribution in [0, 0.1) is 0 Å². The SMILES string of the molecule is CCOC(=O)CCn1cnc2cccc(C(=O)O)c21. The summed E-state index contributed by atoms with van der Waals surface area (Å²) in [6, 6.07) is 4.91. The zero-order valence-corrected chi connectivity index (χ0v) is 10.5. The third-order valence-electron chi connectivity index (χ3n) is 2.73. The van der Waals surface area contributed by atoms with Gasteiger partial charge in [-0.3, -0.25) is 4.79 Å². The van der Waals surface area contributed by atoms with Gasteiger partial charge in [0.05, 0.1) is 36.0 Å². The molecule has 0 atom stereocenters. The quantitative estimate of drug-likeness (QED) is 0.829. The third-order valence-corrected chi connectivity index (χ3v) is 2.73. The second-order valence-corrected chi connectivity index (χ2v) is 3.97. The van der Waals surface area contributed by atoms with Crippen LogP contribution in [0.4, 0.5) is 0 Å². The number of carboxylic acid groups (broad SMARTS) is 1. The van der Waals surface area contributed by atoms with Crippen molar-refractivity contribution in [1.29, 1.82) is 0 Å². The fourth-order valence-corrected chi connectivity index (χ4v) is 1.91. The lowest BCUT2D eigenvalue weighted by molar-refractivity contribution is -0.143. The molecule has 6 nitrogen and oxygen atoms in total. The predicted molar refractivity (Wildman–Crippen MR) is 67.9 cm³/mol. The lowest BCUT2D eigenvalue weighted by atomic mass is 10.2. The minimum atomic E-state index is -1.01. The summed E-state index contributed by atoms with van der Waals surface area (Å²) in [6.45, 7) is 2.43. The highest BCUT2D eigenvalue weighted by atomic mass is 16.5. The fourth-order valence-electron chi connectivity index (χ4n) is 1.91. The summed E-state index contributed by atoms with van der Waals surface area (Å²) in [4.78, 5) is 26.6. The second kappa shape index (κ2) is 5.51. The Kier molecular flexibility index (Phi) is 3.79. The molecule has 0 radical (unpaired) electrons. The van der Waals surface area contributed by atoms with Gasteiger partial charge in [0.1, 0.15) is 0 Å². The van der Waals surface area contributed by atoms with Crippen LogP contribution in [-0.4, -0.2) is 33.2 Å². The molecule has 1 aromatic carbocycles. The smallest absolute Gasteiger partial charge is 0.337 e. The van der Waals surface area contributed by atoms with E-state index in [-0.39, 0.29) is 18.0 Å². The maximum Gasteiger partial charge on any atom is 0.337 e. The molecule has 0 spiro atoms. The van der Waals surface area contributed by atoms with Crippen LogP contribution < -0.4 is 0 Å². The third kappa shape index (κ3) is 2.73. The number of imidazole rings is 1. The van der Waals surface area contributed by atoms with Crippen molar-refractivity contribution in [3.05, 3.63) is 30.1 Å². The van der Waals surface area contributed by atoms with E-state index in [2.05, 4.69) is 4.98 Å². The monoisotopic (exact) mass is 262 g/mol. The molecule has 1 heterocycles. The summed E-state index contributed by atoms with van der Waals surface area (Å²) in [5.74, 6) is -1.32. The first kappa shape index (κ1) is 13.1.